The van der Waals surface area contributed by atoms with Gasteiger partial charge in [-0.25, -0.2) is 4.79 Å². The maximum absolute atomic E-state index is 11.3. The zero-order chi connectivity index (χ0) is 12.6. The number of hydrogen-bond acceptors (Lipinski definition) is 1. The Morgan fingerprint density at radius 1 is 1.06 bits per heavy atom. The fraction of sp³-hybridized carbons (Fsp3) is 0.533. The van der Waals surface area contributed by atoms with Gasteiger partial charge in [-0.15, -0.1) is 0 Å². The van der Waals surface area contributed by atoms with E-state index in [2.05, 4.69) is 47.9 Å². The number of hydrogen-bond donors (Lipinski definition) is 2. The first-order valence-corrected chi connectivity index (χ1v) is 6.74. The molecule has 1 aliphatic carbocycles. The van der Waals surface area contributed by atoms with Crippen molar-refractivity contribution in [3.05, 3.63) is 35.9 Å². The van der Waals surface area contributed by atoms with Crippen LogP contribution in [-0.2, 0) is 5.41 Å². The predicted octanol–water partition coefficient (Wildman–Crippen LogP) is 2.57. The van der Waals surface area contributed by atoms with Crippen molar-refractivity contribution in [2.75, 3.05) is 6.54 Å². The summed E-state index contributed by atoms with van der Waals surface area (Å²) in [5, 5.41) is 6.01. The summed E-state index contributed by atoms with van der Waals surface area (Å²) in [7, 11) is 0. The molecule has 1 aromatic carbocycles. The van der Waals surface area contributed by atoms with Crippen LogP contribution in [-0.4, -0.2) is 18.1 Å². The Hall–Kier alpha value is -1.51. The molecule has 3 rings (SSSR count). The van der Waals surface area contributed by atoms with E-state index >= 15 is 0 Å². The molecule has 0 unspecified atom stereocenters. The van der Waals surface area contributed by atoms with Crippen molar-refractivity contribution in [3.63, 3.8) is 0 Å². The van der Waals surface area contributed by atoms with Crippen LogP contribution in [0.1, 0.15) is 38.2 Å². The Morgan fingerprint density at radius 3 is 2.28 bits per heavy atom. The van der Waals surface area contributed by atoms with Crippen LogP contribution < -0.4 is 10.6 Å². The van der Waals surface area contributed by atoms with Crippen LogP contribution in [0.3, 0.4) is 0 Å². The van der Waals surface area contributed by atoms with Crippen molar-refractivity contribution in [2.24, 2.45) is 0 Å². The Labute approximate surface area is 108 Å². The van der Waals surface area contributed by atoms with E-state index < -0.39 is 0 Å². The minimum Gasteiger partial charge on any atom is -0.336 e. The number of carbonyl (C=O) groups excluding carboxylic acids is 1. The molecule has 3 heteroatoms. The van der Waals surface area contributed by atoms with Crippen molar-refractivity contribution < 1.29 is 4.79 Å². The molecule has 1 aliphatic heterocycles. The molecule has 1 spiro atoms. The van der Waals surface area contributed by atoms with Gasteiger partial charge in [0.25, 0.3) is 0 Å². The number of amides is 2. The molecule has 2 amide bonds. The molecule has 1 saturated heterocycles. The van der Waals surface area contributed by atoms with Crippen LogP contribution in [0, 0.1) is 0 Å². The first-order chi connectivity index (χ1) is 8.62. The molecular formula is C15H20N2O. The summed E-state index contributed by atoms with van der Waals surface area (Å²) in [4.78, 5) is 11.3. The van der Waals surface area contributed by atoms with Gasteiger partial charge >= 0.3 is 6.03 Å². The molecule has 1 heterocycles. The Kier molecular flexibility index (Phi) is 2.58. The molecule has 0 atom stereocenters. The van der Waals surface area contributed by atoms with Crippen molar-refractivity contribution in [1.82, 2.24) is 10.6 Å². The molecule has 2 N–H and O–H groups in total. The highest BCUT2D eigenvalue weighted by molar-refractivity contribution is 5.77. The lowest BCUT2D eigenvalue weighted by molar-refractivity contribution is 0.199. The van der Waals surface area contributed by atoms with Gasteiger partial charge in [0.2, 0.25) is 0 Å². The second-order valence-corrected chi connectivity index (χ2v) is 6.01. The number of carbonyl (C=O) groups is 1. The SMILES string of the molecule is CC1(c2ccccc2)CCC2(CC1)CNC(=O)N2. The lowest BCUT2D eigenvalue weighted by Crippen LogP contribution is -2.49. The largest absolute Gasteiger partial charge is 0.336 e. The Balaban J connectivity index is 1.75. The van der Waals surface area contributed by atoms with Crippen LogP contribution in [0.5, 0.6) is 0 Å². The highest BCUT2D eigenvalue weighted by Crippen LogP contribution is 2.43. The van der Waals surface area contributed by atoms with Gasteiger partial charge in [-0.2, -0.15) is 0 Å². The standard InChI is InChI=1S/C15H20N2O/c1-14(12-5-3-2-4-6-12)7-9-15(10-8-14)11-16-13(18)17-15/h2-6H,7-11H2,1H3,(H2,16,17,18). The number of rotatable bonds is 1. The van der Waals surface area contributed by atoms with Gasteiger partial charge in [0.05, 0.1) is 5.54 Å². The third kappa shape index (κ3) is 1.88. The van der Waals surface area contributed by atoms with E-state index in [1.165, 1.54) is 5.56 Å². The van der Waals surface area contributed by atoms with Gasteiger partial charge in [-0.1, -0.05) is 37.3 Å². The lowest BCUT2D eigenvalue weighted by Gasteiger charge is -2.42. The van der Waals surface area contributed by atoms with E-state index in [0.717, 1.165) is 32.2 Å². The highest BCUT2D eigenvalue weighted by Gasteiger charge is 2.44. The Morgan fingerprint density at radius 2 is 1.72 bits per heavy atom. The van der Waals surface area contributed by atoms with Gasteiger partial charge < -0.3 is 10.6 Å². The molecular weight excluding hydrogens is 224 g/mol. The third-order valence-corrected chi connectivity index (χ3v) is 4.75. The van der Waals surface area contributed by atoms with Crippen molar-refractivity contribution in [3.8, 4) is 0 Å². The summed E-state index contributed by atoms with van der Waals surface area (Å²) in [6.45, 7) is 3.14. The molecule has 0 bridgehead atoms. The van der Waals surface area contributed by atoms with Gasteiger partial charge in [0, 0.05) is 6.54 Å². The summed E-state index contributed by atoms with van der Waals surface area (Å²) in [6.07, 6.45) is 4.41. The molecule has 1 aromatic rings. The molecule has 3 nitrogen and oxygen atoms in total. The predicted molar refractivity (Wildman–Crippen MR) is 71.5 cm³/mol. The minimum absolute atomic E-state index is 0.00156. The van der Waals surface area contributed by atoms with Crippen LogP contribution in [0.15, 0.2) is 30.3 Å². The van der Waals surface area contributed by atoms with Crippen molar-refractivity contribution in [2.45, 2.75) is 43.6 Å². The molecule has 96 valence electrons. The molecule has 18 heavy (non-hydrogen) atoms. The second-order valence-electron chi connectivity index (χ2n) is 6.01. The highest BCUT2D eigenvalue weighted by atomic mass is 16.2. The molecule has 1 saturated carbocycles. The summed E-state index contributed by atoms with van der Waals surface area (Å²) in [5.74, 6) is 0. The third-order valence-electron chi connectivity index (χ3n) is 4.75. The summed E-state index contributed by atoms with van der Waals surface area (Å²) < 4.78 is 0. The van der Waals surface area contributed by atoms with Crippen LogP contribution in [0.2, 0.25) is 0 Å². The van der Waals surface area contributed by atoms with E-state index in [1.54, 1.807) is 0 Å². The fourth-order valence-corrected chi connectivity index (χ4v) is 3.29. The average Bonchev–Trinajstić information content (AvgIpc) is 2.77. The molecule has 2 aliphatic rings. The van der Waals surface area contributed by atoms with E-state index in [0.29, 0.717) is 0 Å². The second kappa shape index (κ2) is 4.01. The number of urea groups is 1. The fourth-order valence-electron chi connectivity index (χ4n) is 3.29. The normalized spacial score (nSPS) is 35.3. The molecule has 2 fully saturated rings. The minimum atomic E-state index is -0.00156. The molecule has 0 aromatic heterocycles. The Bertz CT molecular complexity index is 447. The number of nitrogens with one attached hydrogen (secondary N) is 2. The quantitative estimate of drug-likeness (QED) is 0.783. The smallest absolute Gasteiger partial charge is 0.315 e. The van der Waals surface area contributed by atoms with Crippen LogP contribution >= 0.6 is 0 Å². The zero-order valence-corrected chi connectivity index (χ0v) is 10.8. The van der Waals surface area contributed by atoms with Gasteiger partial charge in [-0.3, -0.25) is 0 Å². The summed E-state index contributed by atoms with van der Waals surface area (Å²) >= 11 is 0. The van der Waals surface area contributed by atoms with E-state index in [1.807, 2.05) is 0 Å². The van der Waals surface area contributed by atoms with Crippen LogP contribution in [0.25, 0.3) is 0 Å². The van der Waals surface area contributed by atoms with Crippen molar-refractivity contribution >= 4 is 6.03 Å². The first kappa shape index (κ1) is 11.6. The maximum atomic E-state index is 11.3. The van der Waals surface area contributed by atoms with E-state index in [-0.39, 0.29) is 17.0 Å². The zero-order valence-electron chi connectivity index (χ0n) is 10.8. The summed E-state index contributed by atoms with van der Waals surface area (Å²) in [5.41, 5.74) is 1.71. The van der Waals surface area contributed by atoms with Gasteiger partial charge in [-0.05, 0) is 36.7 Å². The van der Waals surface area contributed by atoms with E-state index in [4.69, 9.17) is 0 Å². The maximum Gasteiger partial charge on any atom is 0.315 e. The van der Waals surface area contributed by atoms with Gasteiger partial charge in [0.1, 0.15) is 0 Å². The van der Waals surface area contributed by atoms with Crippen LogP contribution in [0.4, 0.5) is 4.79 Å². The summed E-state index contributed by atoms with van der Waals surface area (Å²) in [6, 6.07) is 10.7. The monoisotopic (exact) mass is 244 g/mol. The topological polar surface area (TPSA) is 41.1 Å². The first-order valence-electron chi connectivity index (χ1n) is 6.74. The average molecular weight is 244 g/mol. The van der Waals surface area contributed by atoms with Crippen molar-refractivity contribution in [1.29, 1.82) is 0 Å². The lowest BCUT2D eigenvalue weighted by atomic mass is 9.65. The number of benzene rings is 1. The van der Waals surface area contributed by atoms with E-state index in [9.17, 15) is 4.79 Å². The van der Waals surface area contributed by atoms with Gasteiger partial charge in [0.15, 0.2) is 0 Å². The molecule has 0 radical (unpaired) electrons.